The van der Waals surface area contributed by atoms with Gasteiger partial charge in [-0.1, -0.05) is 37.5 Å². The number of para-hydroxylation sites is 1. The van der Waals surface area contributed by atoms with E-state index in [0.29, 0.717) is 5.41 Å². The molecule has 128 valence electrons. The fraction of sp³-hybridized carbons (Fsp3) is 0.600. The molecule has 0 atom stereocenters. The van der Waals surface area contributed by atoms with Crippen LogP contribution in [0.4, 0.5) is 0 Å². The molecular formula is C20H28N4. The number of benzene rings is 1. The molecule has 4 rings (SSSR count). The lowest BCUT2D eigenvalue weighted by Gasteiger charge is -2.36. The lowest BCUT2D eigenvalue weighted by Crippen LogP contribution is -2.28. The van der Waals surface area contributed by atoms with E-state index in [2.05, 4.69) is 15.1 Å². The Morgan fingerprint density at radius 3 is 2.50 bits per heavy atom. The summed E-state index contributed by atoms with van der Waals surface area (Å²) in [4.78, 5) is 4.33. The lowest BCUT2D eigenvalue weighted by atomic mass is 9.69. The average Bonchev–Trinajstić information content (AvgIpc) is 3.01. The van der Waals surface area contributed by atoms with Crippen molar-refractivity contribution in [3.05, 3.63) is 42.2 Å². The van der Waals surface area contributed by atoms with Crippen molar-refractivity contribution in [2.24, 2.45) is 5.41 Å². The summed E-state index contributed by atoms with van der Waals surface area (Å²) in [6, 6.07) is 10.2. The molecule has 0 N–H and O–H groups in total. The van der Waals surface area contributed by atoms with Crippen molar-refractivity contribution in [2.45, 2.75) is 57.9 Å². The van der Waals surface area contributed by atoms with Gasteiger partial charge in [-0.25, -0.2) is 0 Å². The highest BCUT2D eigenvalue weighted by atomic mass is 15.5. The van der Waals surface area contributed by atoms with E-state index in [4.69, 9.17) is 0 Å². The molecule has 1 aliphatic carbocycles. The van der Waals surface area contributed by atoms with Gasteiger partial charge in [0, 0.05) is 6.54 Å². The highest BCUT2D eigenvalue weighted by molar-refractivity contribution is 5.28. The monoisotopic (exact) mass is 324 g/mol. The van der Waals surface area contributed by atoms with Crippen LogP contribution in [0.25, 0.3) is 5.69 Å². The van der Waals surface area contributed by atoms with Gasteiger partial charge in [-0.3, -0.25) is 4.90 Å². The Morgan fingerprint density at radius 2 is 1.67 bits per heavy atom. The zero-order valence-electron chi connectivity index (χ0n) is 14.5. The number of hydrogen-bond donors (Lipinski definition) is 0. The van der Waals surface area contributed by atoms with Crippen molar-refractivity contribution in [1.82, 2.24) is 19.9 Å². The normalized spacial score (nSPS) is 21.7. The predicted molar refractivity (Wildman–Crippen MR) is 96.0 cm³/mol. The third-order valence-corrected chi connectivity index (χ3v) is 5.97. The highest BCUT2D eigenvalue weighted by Gasteiger charge is 2.33. The van der Waals surface area contributed by atoms with E-state index in [0.717, 1.165) is 17.9 Å². The minimum Gasteiger partial charge on any atom is -0.297 e. The number of rotatable bonds is 3. The molecule has 0 bridgehead atoms. The van der Waals surface area contributed by atoms with E-state index in [1.54, 1.807) is 4.80 Å². The summed E-state index contributed by atoms with van der Waals surface area (Å²) >= 11 is 0. The Morgan fingerprint density at radius 1 is 0.875 bits per heavy atom. The molecule has 1 spiro atoms. The molecule has 1 saturated carbocycles. The van der Waals surface area contributed by atoms with Gasteiger partial charge in [0.15, 0.2) is 0 Å². The summed E-state index contributed by atoms with van der Waals surface area (Å²) in [6.07, 6.45) is 13.3. The SMILES string of the molecule is c1ccc(-n2ncc(CN3CCCC4(CCCCC4)CC3)n2)cc1. The zero-order valence-corrected chi connectivity index (χ0v) is 14.5. The highest BCUT2D eigenvalue weighted by Crippen LogP contribution is 2.44. The van der Waals surface area contributed by atoms with Gasteiger partial charge < -0.3 is 0 Å². The molecule has 1 aliphatic heterocycles. The minimum absolute atomic E-state index is 0.661. The Labute approximate surface area is 144 Å². The van der Waals surface area contributed by atoms with Crippen molar-refractivity contribution in [3.8, 4) is 5.69 Å². The van der Waals surface area contributed by atoms with E-state index in [1.165, 1.54) is 64.5 Å². The zero-order chi connectivity index (χ0) is 16.2. The van der Waals surface area contributed by atoms with Crippen LogP contribution in [0, 0.1) is 5.41 Å². The molecule has 2 fully saturated rings. The van der Waals surface area contributed by atoms with Gasteiger partial charge in [-0.2, -0.15) is 15.0 Å². The van der Waals surface area contributed by atoms with Crippen molar-refractivity contribution in [3.63, 3.8) is 0 Å². The van der Waals surface area contributed by atoms with Crippen molar-refractivity contribution in [2.75, 3.05) is 13.1 Å². The summed E-state index contributed by atoms with van der Waals surface area (Å²) < 4.78 is 0. The fourth-order valence-electron chi connectivity index (χ4n) is 4.55. The third kappa shape index (κ3) is 3.54. The number of aromatic nitrogens is 3. The molecule has 1 aromatic heterocycles. The first-order valence-corrected chi connectivity index (χ1v) is 9.52. The molecule has 0 radical (unpaired) electrons. The molecule has 2 aliphatic rings. The van der Waals surface area contributed by atoms with Crippen LogP contribution in [0.5, 0.6) is 0 Å². The number of hydrogen-bond acceptors (Lipinski definition) is 3. The van der Waals surface area contributed by atoms with Crippen LogP contribution >= 0.6 is 0 Å². The number of nitrogens with zero attached hydrogens (tertiary/aromatic N) is 4. The first-order valence-electron chi connectivity index (χ1n) is 9.52. The molecular weight excluding hydrogens is 296 g/mol. The smallest absolute Gasteiger partial charge is 0.0971 e. The molecule has 24 heavy (non-hydrogen) atoms. The Hall–Kier alpha value is -1.68. The van der Waals surface area contributed by atoms with Crippen LogP contribution in [-0.2, 0) is 6.54 Å². The third-order valence-electron chi connectivity index (χ3n) is 5.97. The summed E-state index contributed by atoms with van der Waals surface area (Å²) in [6.45, 7) is 3.36. The van der Waals surface area contributed by atoms with Gasteiger partial charge in [-0.15, -0.1) is 0 Å². The molecule has 0 unspecified atom stereocenters. The average molecular weight is 324 g/mol. The summed E-state index contributed by atoms with van der Waals surface area (Å²) in [5, 5.41) is 9.11. The quantitative estimate of drug-likeness (QED) is 0.848. The van der Waals surface area contributed by atoms with Crippen LogP contribution in [0.15, 0.2) is 36.5 Å². The maximum atomic E-state index is 4.67. The first kappa shape index (κ1) is 15.8. The molecule has 1 aromatic carbocycles. The molecule has 2 aromatic rings. The van der Waals surface area contributed by atoms with Gasteiger partial charge in [0.25, 0.3) is 0 Å². The van der Waals surface area contributed by atoms with Gasteiger partial charge >= 0.3 is 0 Å². The Kier molecular flexibility index (Phi) is 4.65. The maximum Gasteiger partial charge on any atom is 0.0971 e. The summed E-state index contributed by atoms with van der Waals surface area (Å²) in [7, 11) is 0. The van der Waals surface area contributed by atoms with Gasteiger partial charge in [0.05, 0.1) is 17.6 Å². The standard InChI is InChI=1S/C20H28N4/c1-3-8-19(9-4-1)24-21-16-18(22-24)17-23-14-7-12-20(13-15-23)10-5-2-6-11-20/h1,3-4,8-9,16H,2,5-7,10-15,17H2. The number of likely N-dealkylation sites (tertiary alicyclic amines) is 1. The van der Waals surface area contributed by atoms with E-state index < -0.39 is 0 Å². The van der Waals surface area contributed by atoms with E-state index in [-0.39, 0.29) is 0 Å². The summed E-state index contributed by atoms with van der Waals surface area (Å²) in [5.41, 5.74) is 2.77. The molecule has 1 saturated heterocycles. The van der Waals surface area contributed by atoms with Gasteiger partial charge in [0.1, 0.15) is 0 Å². The minimum atomic E-state index is 0.661. The molecule has 4 nitrogen and oxygen atoms in total. The summed E-state index contributed by atoms with van der Waals surface area (Å²) in [5.74, 6) is 0. The molecule has 4 heteroatoms. The van der Waals surface area contributed by atoms with E-state index in [1.807, 2.05) is 36.5 Å². The van der Waals surface area contributed by atoms with Gasteiger partial charge in [-0.05, 0) is 62.7 Å². The van der Waals surface area contributed by atoms with Crippen LogP contribution in [0.1, 0.15) is 57.1 Å². The molecule has 0 amide bonds. The second kappa shape index (κ2) is 7.06. The maximum absolute atomic E-state index is 4.67. The molecule has 2 heterocycles. The van der Waals surface area contributed by atoms with Crippen LogP contribution in [0.2, 0.25) is 0 Å². The topological polar surface area (TPSA) is 34.0 Å². The Balaban J connectivity index is 1.38. The van der Waals surface area contributed by atoms with E-state index in [9.17, 15) is 0 Å². The predicted octanol–water partition coefficient (Wildman–Crippen LogP) is 4.20. The van der Waals surface area contributed by atoms with Crippen molar-refractivity contribution >= 4 is 0 Å². The second-order valence-electron chi connectivity index (χ2n) is 7.65. The fourth-order valence-corrected chi connectivity index (χ4v) is 4.55. The van der Waals surface area contributed by atoms with Crippen molar-refractivity contribution in [1.29, 1.82) is 0 Å². The van der Waals surface area contributed by atoms with Crippen molar-refractivity contribution < 1.29 is 0 Å². The van der Waals surface area contributed by atoms with Crippen LogP contribution in [0.3, 0.4) is 0 Å². The van der Waals surface area contributed by atoms with Crippen LogP contribution in [-0.4, -0.2) is 33.0 Å². The second-order valence-corrected chi connectivity index (χ2v) is 7.65. The lowest BCUT2D eigenvalue weighted by molar-refractivity contribution is 0.156. The Bertz CT molecular complexity index is 643. The largest absolute Gasteiger partial charge is 0.297 e. The van der Waals surface area contributed by atoms with Crippen LogP contribution < -0.4 is 0 Å². The van der Waals surface area contributed by atoms with E-state index >= 15 is 0 Å². The van der Waals surface area contributed by atoms with Gasteiger partial charge in [0.2, 0.25) is 0 Å². The first-order chi connectivity index (χ1) is 11.8.